The maximum Gasteiger partial charge on any atom is 0.0838 e. The molecule has 0 saturated carbocycles. The highest BCUT2D eigenvalue weighted by atomic mass is 32.1. The second kappa shape index (κ2) is 4.55. The SMILES string of the molecule is Cc1ccc(C(O)Cc2cncs2)cc1. The summed E-state index contributed by atoms with van der Waals surface area (Å²) in [6.07, 6.45) is 2.03. The smallest absolute Gasteiger partial charge is 0.0838 e. The van der Waals surface area contributed by atoms with Gasteiger partial charge in [-0.05, 0) is 12.5 Å². The molecule has 15 heavy (non-hydrogen) atoms. The second-order valence-corrected chi connectivity index (χ2v) is 4.57. The van der Waals surface area contributed by atoms with Crippen molar-refractivity contribution >= 4 is 11.3 Å². The van der Waals surface area contributed by atoms with Gasteiger partial charge in [-0.1, -0.05) is 29.8 Å². The van der Waals surface area contributed by atoms with E-state index in [9.17, 15) is 5.11 Å². The largest absolute Gasteiger partial charge is 0.388 e. The van der Waals surface area contributed by atoms with Crippen molar-refractivity contribution in [3.63, 3.8) is 0 Å². The predicted octanol–water partition coefficient (Wildman–Crippen LogP) is 2.73. The van der Waals surface area contributed by atoms with Crippen LogP contribution in [0.1, 0.15) is 22.1 Å². The molecule has 0 saturated heterocycles. The summed E-state index contributed by atoms with van der Waals surface area (Å²) in [4.78, 5) is 5.10. The van der Waals surface area contributed by atoms with Gasteiger partial charge in [0.15, 0.2) is 0 Å². The fourth-order valence-corrected chi connectivity index (χ4v) is 2.07. The molecule has 0 aliphatic rings. The molecule has 3 heteroatoms. The normalized spacial score (nSPS) is 12.7. The number of thiazole rings is 1. The number of aliphatic hydroxyl groups excluding tert-OH is 1. The Morgan fingerprint density at radius 3 is 2.67 bits per heavy atom. The van der Waals surface area contributed by atoms with E-state index in [1.54, 1.807) is 16.8 Å². The van der Waals surface area contributed by atoms with Crippen molar-refractivity contribution in [2.75, 3.05) is 0 Å². The molecule has 78 valence electrons. The van der Waals surface area contributed by atoms with E-state index in [0.717, 1.165) is 10.4 Å². The lowest BCUT2D eigenvalue weighted by Crippen LogP contribution is -2.00. The van der Waals surface area contributed by atoms with E-state index in [2.05, 4.69) is 4.98 Å². The van der Waals surface area contributed by atoms with Gasteiger partial charge in [0.25, 0.3) is 0 Å². The van der Waals surface area contributed by atoms with Gasteiger partial charge >= 0.3 is 0 Å². The number of aryl methyl sites for hydroxylation is 1. The van der Waals surface area contributed by atoms with E-state index >= 15 is 0 Å². The predicted molar refractivity (Wildman–Crippen MR) is 62.0 cm³/mol. The molecular weight excluding hydrogens is 206 g/mol. The molecule has 1 N–H and O–H groups in total. The lowest BCUT2D eigenvalue weighted by Gasteiger charge is -2.09. The Morgan fingerprint density at radius 2 is 2.07 bits per heavy atom. The van der Waals surface area contributed by atoms with Crippen molar-refractivity contribution in [1.82, 2.24) is 4.98 Å². The molecule has 2 aromatic rings. The molecule has 1 heterocycles. The highest BCUT2D eigenvalue weighted by Crippen LogP contribution is 2.20. The minimum absolute atomic E-state index is 0.425. The highest BCUT2D eigenvalue weighted by molar-refractivity contribution is 7.09. The van der Waals surface area contributed by atoms with Gasteiger partial charge in [-0.25, -0.2) is 0 Å². The van der Waals surface area contributed by atoms with Crippen LogP contribution in [0.15, 0.2) is 36.0 Å². The summed E-state index contributed by atoms with van der Waals surface area (Å²) >= 11 is 1.58. The van der Waals surface area contributed by atoms with Gasteiger partial charge in [0, 0.05) is 17.5 Å². The first-order valence-corrected chi connectivity index (χ1v) is 5.75. The average Bonchev–Trinajstić information content (AvgIpc) is 2.71. The van der Waals surface area contributed by atoms with Crippen LogP contribution in [0.5, 0.6) is 0 Å². The van der Waals surface area contributed by atoms with Crippen LogP contribution in [-0.2, 0) is 6.42 Å². The Morgan fingerprint density at radius 1 is 1.33 bits per heavy atom. The van der Waals surface area contributed by atoms with Gasteiger partial charge in [0.1, 0.15) is 0 Å². The van der Waals surface area contributed by atoms with E-state index in [1.807, 2.05) is 37.4 Å². The topological polar surface area (TPSA) is 33.1 Å². The number of aromatic nitrogens is 1. The van der Waals surface area contributed by atoms with Crippen LogP contribution in [0.2, 0.25) is 0 Å². The van der Waals surface area contributed by atoms with Gasteiger partial charge < -0.3 is 5.11 Å². The van der Waals surface area contributed by atoms with Gasteiger partial charge in [-0.2, -0.15) is 0 Å². The van der Waals surface area contributed by atoms with E-state index in [4.69, 9.17) is 0 Å². The summed E-state index contributed by atoms with van der Waals surface area (Å²) < 4.78 is 0. The lowest BCUT2D eigenvalue weighted by atomic mass is 10.0. The van der Waals surface area contributed by atoms with Crippen molar-refractivity contribution in [3.8, 4) is 0 Å². The molecule has 0 spiro atoms. The quantitative estimate of drug-likeness (QED) is 0.861. The molecule has 1 aromatic carbocycles. The summed E-state index contributed by atoms with van der Waals surface area (Å²) in [5.41, 5.74) is 3.97. The number of hydrogen-bond acceptors (Lipinski definition) is 3. The summed E-state index contributed by atoms with van der Waals surface area (Å²) in [6, 6.07) is 7.98. The number of nitrogens with zero attached hydrogens (tertiary/aromatic N) is 1. The first-order chi connectivity index (χ1) is 7.25. The Hall–Kier alpha value is -1.19. The van der Waals surface area contributed by atoms with Crippen LogP contribution in [-0.4, -0.2) is 10.1 Å². The van der Waals surface area contributed by atoms with Crippen LogP contribution in [0, 0.1) is 6.92 Å². The van der Waals surface area contributed by atoms with Crippen molar-refractivity contribution in [1.29, 1.82) is 0 Å². The molecule has 2 rings (SSSR count). The maximum absolute atomic E-state index is 9.96. The van der Waals surface area contributed by atoms with Crippen LogP contribution in [0.25, 0.3) is 0 Å². The third-order valence-electron chi connectivity index (χ3n) is 2.34. The number of hydrogen-bond donors (Lipinski definition) is 1. The number of aliphatic hydroxyl groups is 1. The molecule has 0 fully saturated rings. The Balaban J connectivity index is 2.08. The molecular formula is C12H13NOS. The number of rotatable bonds is 3. The summed E-state index contributed by atoms with van der Waals surface area (Å²) in [5, 5.41) is 9.96. The van der Waals surface area contributed by atoms with Crippen molar-refractivity contribution in [2.24, 2.45) is 0 Å². The fraction of sp³-hybridized carbons (Fsp3) is 0.250. The standard InChI is InChI=1S/C12H13NOS/c1-9-2-4-10(5-3-9)12(14)6-11-7-13-8-15-11/h2-5,7-8,12,14H,6H2,1H3. The van der Waals surface area contributed by atoms with E-state index < -0.39 is 6.10 Å². The zero-order chi connectivity index (χ0) is 10.7. The van der Waals surface area contributed by atoms with Gasteiger partial charge in [-0.15, -0.1) is 11.3 Å². The Bertz CT molecular complexity index is 408. The maximum atomic E-state index is 9.96. The lowest BCUT2D eigenvalue weighted by molar-refractivity contribution is 0.179. The second-order valence-electron chi connectivity index (χ2n) is 3.60. The first-order valence-electron chi connectivity index (χ1n) is 4.87. The van der Waals surface area contributed by atoms with Crippen LogP contribution in [0.3, 0.4) is 0 Å². The first kappa shape index (κ1) is 10.3. The highest BCUT2D eigenvalue weighted by Gasteiger charge is 2.08. The summed E-state index contributed by atoms with van der Waals surface area (Å²) in [7, 11) is 0. The average molecular weight is 219 g/mol. The van der Waals surface area contributed by atoms with Crippen LogP contribution >= 0.6 is 11.3 Å². The third kappa shape index (κ3) is 2.64. The van der Waals surface area contributed by atoms with Crippen molar-refractivity contribution in [2.45, 2.75) is 19.4 Å². The molecule has 2 nitrogen and oxygen atoms in total. The van der Waals surface area contributed by atoms with Crippen molar-refractivity contribution < 1.29 is 5.11 Å². The van der Waals surface area contributed by atoms with Crippen LogP contribution in [0.4, 0.5) is 0 Å². The summed E-state index contributed by atoms with van der Waals surface area (Å²) in [6.45, 7) is 2.04. The summed E-state index contributed by atoms with van der Waals surface area (Å²) in [5.74, 6) is 0. The molecule has 0 radical (unpaired) electrons. The van der Waals surface area contributed by atoms with Crippen LogP contribution < -0.4 is 0 Å². The fourth-order valence-electron chi connectivity index (χ4n) is 1.44. The molecule has 1 aromatic heterocycles. The molecule has 0 aliphatic heterocycles. The molecule has 0 aliphatic carbocycles. The van der Waals surface area contributed by atoms with E-state index in [-0.39, 0.29) is 0 Å². The van der Waals surface area contributed by atoms with E-state index in [1.165, 1.54) is 5.56 Å². The third-order valence-corrected chi connectivity index (χ3v) is 3.14. The Kier molecular flexibility index (Phi) is 3.14. The zero-order valence-electron chi connectivity index (χ0n) is 8.55. The molecule has 0 bridgehead atoms. The monoisotopic (exact) mass is 219 g/mol. The minimum atomic E-state index is -0.425. The molecule has 1 atom stereocenters. The van der Waals surface area contributed by atoms with E-state index in [0.29, 0.717) is 6.42 Å². The van der Waals surface area contributed by atoms with Crippen molar-refractivity contribution in [3.05, 3.63) is 52.0 Å². The van der Waals surface area contributed by atoms with Gasteiger partial charge in [-0.3, -0.25) is 4.98 Å². The minimum Gasteiger partial charge on any atom is -0.388 e. The number of benzene rings is 1. The molecule has 1 unspecified atom stereocenters. The zero-order valence-corrected chi connectivity index (χ0v) is 9.37. The van der Waals surface area contributed by atoms with Gasteiger partial charge in [0.05, 0.1) is 11.6 Å². The molecule has 0 amide bonds. The van der Waals surface area contributed by atoms with Gasteiger partial charge in [0.2, 0.25) is 0 Å². The Labute approximate surface area is 93.2 Å².